The summed E-state index contributed by atoms with van der Waals surface area (Å²) < 4.78 is 48.8. The number of pyridine rings is 1. The van der Waals surface area contributed by atoms with Crippen LogP contribution in [0.2, 0.25) is 0 Å². The lowest BCUT2D eigenvalue weighted by Crippen LogP contribution is -2.40. The molecule has 1 aromatic carbocycles. The third-order valence-electron chi connectivity index (χ3n) is 4.84. The van der Waals surface area contributed by atoms with Gasteiger partial charge in [0.15, 0.2) is 11.6 Å². The number of fused-ring (bicyclic) bond motifs is 1. The first-order chi connectivity index (χ1) is 13.3. The molecular weight excluding hydrogens is 441 g/mol. The fraction of sp³-hybridized carbons (Fsp3) is 0.278. The lowest BCUT2D eigenvalue weighted by molar-refractivity contribution is 0.102. The van der Waals surface area contributed by atoms with E-state index >= 15 is 0 Å². The van der Waals surface area contributed by atoms with Crippen LogP contribution in [0, 0.1) is 17.6 Å². The van der Waals surface area contributed by atoms with Crippen LogP contribution in [0.1, 0.15) is 22.5 Å². The molecule has 0 saturated heterocycles. The Morgan fingerprint density at radius 1 is 1.39 bits per heavy atom. The van der Waals surface area contributed by atoms with E-state index in [9.17, 15) is 18.0 Å². The largest absolute Gasteiger partial charge is 0.462 e. The molecule has 6 nitrogen and oxygen atoms in total. The van der Waals surface area contributed by atoms with Gasteiger partial charge < -0.3 is 15.8 Å². The summed E-state index contributed by atoms with van der Waals surface area (Å²) in [5.41, 5.74) is 3.63. The van der Waals surface area contributed by atoms with Crippen molar-refractivity contribution in [2.45, 2.75) is 18.1 Å². The second-order valence-electron chi connectivity index (χ2n) is 6.64. The van der Waals surface area contributed by atoms with E-state index in [1.807, 2.05) is 0 Å². The number of carbonyl (C=O) groups is 1. The lowest BCUT2D eigenvalue weighted by Gasteiger charge is -2.31. The number of alkyl halides is 1. The number of nitrogens with two attached hydrogens (primary N) is 1. The maximum absolute atomic E-state index is 14.6. The molecule has 0 radical (unpaired) electrons. The molecular formula is C18H14BrF3N4O2. The van der Waals surface area contributed by atoms with Gasteiger partial charge in [0.1, 0.15) is 24.0 Å². The van der Waals surface area contributed by atoms with E-state index in [2.05, 4.69) is 31.2 Å². The minimum Gasteiger partial charge on any atom is -0.462 e. The highest BCUT2D eigenvalue weighted by molar-refractivity contribution is 9.10. The van der Waals surface area contributed by atoms with Gasteiger partial charge in [0.2, 0.25) is 0 Å². The van der Waals surface area contributed by atoms with Gasteiger partial charge in [-0.25, -0.2) is 23.1 Å². The molecule has 1 aromatic heterocycles. The fourth-order valence-corrected chi connectivity index (χ4v) is 3.64. The number of hydrogen-bond acceptors (Lipinski definition) is 5. The van der Waals surface area contributed by atoms with Crippen LogP contribution in [0.5, 0.6) is 0 Å². The Morgan fingerprint density at radius 3 is 2.86 bits per heavy atom. The first-order valence-corrected chi connectivity index (χ1v) is 9.13. The average Bonchev–Trinajstić information content (AvgIpc) is 3.44. The van der Waals surface area contributed by atoms with Gasteiger partial charge in [-0.15, -0.1) is 0 Å². The Bertz CT molecular complexity index is 986. The van der Waals surface area contributed by atoms with Crippen LogP contribution in [0.4, 0.5) is 18.9 Å². The van der Waals surface area contributed by atoms with Gasteiger partial charge in [-0.3, -0.25) is 4.79 Å². The Morgan fingerprint density at radius 2 is 2.18 bits per heavy atom. The van der Waals surface area contributed by atoms with E-state index in [1.54, 1.807) is 6.07 Å². The standard InChI is InChI=1S/C18H14BrF3N4O2/c19-8-1-2-13(24-6-8)16(27)25-9-3-11(15(22)12(21)4-9)18(7-20)10-5-14(10)28-17(23)26-18/h1-4,6,10,14H,5,7H2,(H2,23,26)(H,25,27)/t10-,14+,18+/m1/s1. The number of aromatic nitrogens is 1. The van der Waals surface area contributed by atoms with Crippen LogP contribution in [0.3, 0.4) is 0 Å². The summed E-state index contributed by atoms with van der Waals surface area (Å²) in [4.78, 5) is 20.3. The van der Waals surface area contributed by atoms with Gasteiger partial charge in [-0.05, 0) is 40.5 Å². The number of ether oxygens (including phenoxy) is 1. The molecule has 2 heterocycles. The number of rotatable bonds is 4. The van der Waals surface area contributed by atoms with Gasteiger partial charge in [-0.2, -0.15) is 0 Å². The van der Waals surface area contributed by atoms with Crippen molar-refractivity contribution >= 4 is 33.5 Å². The van der Waals surface area contributed by atoms with Crippen molar-refractivity contribution in [3.8, 4) is 0 Å². The molecule has 4 rings (SSSR count). The summed E-state index contributed by atoms with van der Waals surface area (Å²) in [7, 11) is 0. The van der Waals surface area contributed by atoms with E-state index in [4.69, 9.17) is 10.5 Å². The zero-order valence-electron chi connectivity index (χ0n) is 14.3. The van der Waals surface area contributed by atoms with Crippen LogP contribution in [-0.2, 0) is 10.3 Å². The number of anilines is 1. The van der Waals surface area contributed by atoms with E-state index in [0.717, 1.165) is 6.07 Å². The van der Waals surface area contributed by atoms with Gasteiger partial charge in [0, 0.05) is 33.9 Å². The minimum atomic E-state index is -1.69. The minimum absolute atomic E-state index is 0.0473. The molecule has 3 N–H and O–H groups in total. The van der Waals surface area contributed by atoms with Gasteiger partial charge in [-0.1, -0.05) is 0 Å². The van der Waals surface area contributed by atoms with E-state index in [-0.39, 0.29) is 29.1 Å². The lowest BCUT2D eigenvalue weighted by atomic mass is 9.85. The van der Waals surface area contributed by atoms with Gasteiger partial charge in [0.05, 0.1) is 0 Å². The third-order valence-corrected chi connectivity index (χ3v) is 5.31. The highest BCUT2D eigenvalue weighted by Gasteiger charge is 2.60. The molecule has 2 aliphatic rings. The van der Waals surface area contributed by atoms with Crippen molar-refractivity contribution in [2.24, 2.45) is 16.6 Å². The molecule has 0 bridgehead atoms. The Hall–Kier alpha value is -2.62. The summed E-state index contributed by atoms with van der Waals surface area (Å²) in [6.07, 6.45) is 1.46. The SMILES string of the molecule is NC1=N[C@](CF)(c2cc(NC(=O)c3ccc(Br)cn3)cc(F)c2F)[C@@H]2C[C@@H]2O1. The summed E-state index contributed by atoms with van der Waals surface area (Å²) in [6, 6.07) is 4.79. The van der Waals surface area contributed by atoms with Crippen molar-refractivity contribution < 1.29 is 22.7 Å². The topological polar surface area (TPSA) is 89.6 Å². The molecule has 3 atom stereocenters. The van der Waals surface area contributed by atoms with Gasteiger partial charge >= 0.3 is 0 Å². The maximum atomic E-state index is 14.6. The summed E-state index contributed by atoms with van der Waals surface area (Å²) >= 11 is 3.21. The first kappa shape index (κ1) is 18.7. The number of aliphatic imine (C=N–C) groups is 1. The number of nitrogens with zero attached hydrogens (tertiary/aromatic N) is 2. The maximum Gasteiger partial charge on any atom is 0.283 e. The second-order valence-corrected chi connectivity index (χ2v) is 7.56. The molecule has 0 spiro atoms. The normalized spacial score (nSPS) is 25.4. The summed E-state index contributed by atoms with van der Waals surface area (Å²) in [5, 5.41) is 2.45. The van der Waals surface area contributed by atoms with Crippen molar-refractivity contribution in [2.75, 3.05) is 12.0 Å². The average molecular weight is 455 g/mol. The fourth-order valence-electron chi connectivity index (χ4n) is 3.41. The Balaban J connectivity index is 1.72. The number of carbonyl (C=O) groups excluding carboxylic acids is 1. The molecule has 10 heteroatoms. The molecule has 1 fully saturated rings. The predicted octanol–water partition coefficient (Wildman–Crippen LogP) is 3.27. The van der Waals surface area contributed by atoms with Crippen LogP contribution in [0.15, 0.2) is 39.9 Å². The molecule has 1 amide bonds. The zero-order valence-corrected chi connectivity index (χ0v) is 15.8. The molecule has 1 aliphatic heterocycles. The van der Waals surface area contributed by atoms with E-state index in [1.165, 1.54) is 18.3 Å². The van der Waals surface area contributed by atoms with Crippen LogP contribution in [0.25, 0.3) is 0 Å². The number of hydrogen-bond donors (Lipinski definition) is 2. The number of benzene rings is 1. The third kappa shape index (κ3) is 3.11. The Labute approximate surface area is 166 Å². The number of halogens is 4. The number of amides is 1. The molecule has 1 saturated carbocycles. The van der Waals surface area contributed by atoms with Crippen LogP contribution >= 0.6 is 15.9 Å². The van der Waals surface area contributed by atoms with E-state index in [0.29, 0.717) is 10.9 Å². The number of amidine groups is 1. The smallest absolute Gasteiger partial charge is 0.283 e. The zero-order chi connectivity index (χ0) is 20.1. The van der Waals surface area contributed by atoms with Crippen LogP contribution in [-0.4, -0.2) is 29.7 Å². The van der Waals surface area contributed by atoms with Gasteiger partial charge in [0.25, 0.3) is 11.9 Å². The first-order valence-electron chi connectivity index (χ1n) is 8.34. The molecule has 0 unspecified atom stereocenters. The quantitative estimate of drug-likeness (QED) is 0.741. The Kier molecular flexibility index (Phi) is 4.53. The van der Waals surface area contributed by atoms with Crippen molar-refractivity contribution in [3.05, 3.63) is 57.8 Å². The van der Waals surface area contributed by atoms with Crippen molar-refractivity contribution in [1.82, 2.24) is 4.98 Å². The second kappa shape index (κ2) is 6.77. The highest BCUT2D eigenvalue weighted by Crippen LogP contribution is 2.54. The van der Waals surface area contributed by atoms with Crippen molar-refractivity contribution in [3.63, 3.8) is 0 Å². The number of nitrogens with one attached hydrogen (secondary N) is 1. The van der Waals surface area contributed by atoms with E-state index < -0.39 is 35.7 Å². The molecule has 146 valence electrons. The molecule has 2 aromatic rings. The summed E-state index contributed by atoms with van der Waals surface area (Å²) in [6.45, 7) is -1.08. The van der Waals surface area contributed by atoms with Crippen LogP contribution < -0.4 is 11.1 Å². The molecule has 28 heavy (non-hydrogen) atoms. The molecule has 1 aliphatic carbocycles. The monoisotopic (exact) mass is 454 g/mol. The highest BCUT2D eigenvalue weighted by atomic mass is 79.9. The predicted molar refractivity (Wildman–Crippen MR) is 98.5 cm³/mol. The van der Waals surface area contributed by atoms with Crippen molar-refractivity contribution in [1.29, 1.82) is 0 Å². The summed E-state index contributed by atoms with van der Waals surface area (Å²) in [5.74, 6) is -3.56.